The third-order valence-electron chi connectivity index (χ3n) is 5.37. The Kier molecular flexibility index (Phi) is 5.81. The molecule has 3 heterocycles. The highest BCUT2D eigenvalue weighted by atomic mass is 32.1. The molecule has 0 unspecified atom stereocenters. The van der Waals surface area contributed by atoms with Crippen molar-refractivity contribution in [3.05, 3.63) is 83.4 Å². The average Bonchev–Trinajstić information content (AvgIpc) is 3.31. The topological polar surface area (TPSA) is 73.1 Å². The third kappa shape index (κ3) is 4.21. The van der Waals surface area contributed by atoms with E-state index in [1.54, 1.807) is 6.20 Å². The summed E-state index contributed by atoms with van der Waals surface area (Å²) in [6.45, 7) is 4.52. The number of thiocarbonyl (C=S) groups is 1. The van der Waals surface area contributed by atoms with Gasteiger partial charge in [-0.05, 0) is 62.0 Å². The predicted octanol–water partition coefficient (Wildman–Crippen LogP) is 4.03. The molecule has 2 atom stereocenters. The molecule has 0 saturated carbocycles. The third-order valence-corrected chi connectivity index (χ3v) is 5.72. The largest absolute Gasteiger partial charge is 0.361 e. The summed E-state index contributed by atoms with van der Waals surface area (Å²) in [7, 11) is 0. The van der Waals surface area contributed by atoms with E-state index in [2.05, 4.69) is 37.6 Å². The number of carbonyl (C=O) groups excluding carboxylic acids is 1. The van der Waals surface area contributed by atoms with Crippen LogP contribution in [-0.4, -0.2) is 32.4 Å². The molecule has 2 aromatic heterocycles. The van der Waals surface area contributed by atoms with Crippen molar-refractivity contribution >= 4 is 28.9 Å². The molecule has 1 aliphatic heterocycles. The summed E-state index contributed by atoms with van der Waals surface area (Å²) in [5.41, 5.74) is 4.94. The molecular weight excluding hydrogens is 394 g/mol. The Labute approximate surface area is 181 Å². The number of aromatic nitrogens is 2. The Balaban J connectivity index is 1.52. The lowest BCUT2D eigenvalue weighted by Crippen LogP contribution is -2.32. The fourth-order valence-electron chi connectivity index (χ4n) is 3.83. The normalized spacial score (nSPS) is 18.3. The molecule has 1 aromatic carbocycles. The lowest BCUT2D eigenvalue weighted by atomic mass is 10.0. The van der Waals surface area contributed by atoms with Crippen LogP contribution < -0.4 is 10.6 Å². The van der Waals surface area contributed by atoms with Crippen LogP contribution in [0.25, 0.3) is 0 Å². The van der Waals surface area contributed by atoms with Crippen molar-refractivity contribution in [3.8, 4) is 0 Å². The van der Waals surface area contributed by atoms with E-state index < -0.39 is 0 Å². The number of carbonyl (C=O) groups is 1. The minimum absolute atomic E-state index is 0.0326. The second-order valence-corrected chi connectivity index (χ2v) is 7.92. The van der Waals surface area contributed by atoms with E-state index in [0.717, 1.165) is 28.3 Å². The molecule has 1 aliphatic rings. The zero-order valence-electron chi connectivity index (χ0n) is 17.1. The predicted molar refractivity (Wildman–Crippen MR) is 122 cm³/mol. The first kappa shape index (κ1) is 20.1. The van der Waals surface area contributed by atoms with Gasteiger partial charge in [0.25, 0.3) is 0 Å². The Morgan fingerprint density at radius 2 is 1.93 bits per heavy atom. The fraction of sp³-hybridized carbons (Fsp3) is 0.261. The molecule has 1 fully saturated rings. The van der Waals surface area contributed by atoms with Gasteiger partial charge in [-0.3, -0.25) is 9.78 Å². The molecule has 0 bridgehead atoms. The molecule has 6 nitrogen and oxygen atoms in total. The van der Waals surface area contributed by atoms with Crippen molar-refractivity contribution in [2.45, 2.75) is 32.4 Å². The standard InChI is InChI=1S/C23H25N5OS/c1-15-7-3-4-8-17(15)26-20(29)12-14-28-22(19-11-10-16(2)25-19)21(27-23(28)30)18-9-5-6-13-24-18/h3-11,13,21-22,25H,12,14H2,1-2H3,(H,26,29)(H,27,30)/t21-,22-/m1/s1. The number of aromatic amines is 1. The van der Waals surface area contributed by atoms with Gasteiger partial charge in [0.2, 0.25) is 5.91 Å². The number of anilines is 1. The van der Waals surface area contributed by atoms with E-state index in [1.165, 1.54) is 0 Å². The molecule has 0 radical (unpaired) electrons. The van der Waals surface area contributed by atoms with Gasteiger partial charge in [-0.25, -0.2) is 0 Å². The SMILES string of the molecule is Cc1ccc([C@@H]2[C@@H](c3ccccn3)NC(=S)N2CCC(=O)Nc2ccccc2C)[nH]1. The summed E-state index contributed by atoms with van der Waals surface area (Å²) in [6.07, 6.45) is 2.12. The molecule has 30 heavy (non-hydrogen) atoms. The zero-order chi connectivity index (χ0) is 21.1. The second-order valence-electron chi connectivity index (χ2n) is 7.53. The Morgan fingerprint density at radius 1 is 1.13 bits per heavy atom. The maximum absolute atomic E-state index is 12.6. The summed E-state index contributed by atoms with van der Waals surface area (Å²) in [5, 5.41) is 7.04. The second kappa shape index (κ2) is 8.67. The fourth-order valence-corrected chi connectivity index (χ4v) is 4.16. The monoisotopic (exact) mass is 419 g/mol. The van der Waals surface area contributed by atoms with Crippen LogP contribution in [0.3, 0.4) is 0 Å². The van der Waals surface area contributed by atoms with Gasteiger partial charge in [-0.15, -0.1) is 0 Å². The van der Waals surface area contributed by atoms with Crippen LogP contribution in [0.15, 0.2) is 60.8 Å². The number of H-pyrrole nitrogens is 1. The van der Waals surface area contributed by atoms with E-state index in [-0.39, 0.29) is 18.0 Å². The van der Waals surface area contributed by atoms with Gasteiger partial charge in [-0.1, -0.05) is 24.3 Å². The van der Waals surface area contributed by atoms with Crippen LogP contribution in [0.4, 0.5) is 5.69 Å². The van der Waals surface area contributed by atoms with Crippen LogP contribution in [0.1, 0.15) is 41.1 Å². The first-order valence-corrected chi connectivity index (χ1v) is 10.4. The lowest BCUT2D eigenvalue weighted by Gasteiger charge is -2.26. The van der Waals surface area contributed by atoms with Crippen LogP contribution in [0.5, 0.6) is 0 Å². The van der Waals surface area contributed by atoms with Gasteiger partial charge in [0.1, 0.15) is 0 Å². The molecule has 0 aliphatic carbocycles. The van der Waals surface area contributed by atoms with Crippen LogP contribution in [-0.2, 0) is 4.79 Å². The number of pyridine rings is 1. The van der Waals surface area contributed by atoms with Crippen molar-refractivity contribution < 1.29 is 4.79 Å². The van der Waals surface area contributed by atoms with Crippen molar-refractivity contribution in [1.82, 2.24) is 20.2 Å². The molecule has 7 heteroatoms. The maximum atomic E-state index is 12.6. The number of benzene rings is 1. The van der Waals surface area contributed by atoms with Crippen molar-refractivity contribution in [2.75, 3.05) is 11.9 Å². The molecular formula is C23H25N5OS. The summed E-state index contributed by atoms with van der Waals surface area (Å²) < 4.78 is 0. The highest BCUT2D eigenvalue weighted by Gasteiger charge is 2.40. The number of hydrogen-bond donors (Lipinski definition) is 3. The van der Waals surface area contributed by atoms with E-state index >= 15 is 0 Å². The molecule has 4 rings (SSSR count). The minimum Gasteiger partial charge on any atom is -0.361 e. The first-order valence-electron chi connectivity index (χ1n) is 10.0. The van der Waals surface area contributed by atoms with Crippen LogP contribution in [0, 0.1) is 13.8 Å². The van der Waals surface area contributed by atoms with E-state index in [1.807, 2.05) is 56.3 Å². The van der Waals surface area contributed by atoms with Crippen LogP contribution in [0.2, 0.25) is 0 Å². The lowest BCUT2D eigenvalue weighted by molar-refractivity contribution is -0.116. The number of hydrogen-bond acceptors (Lipinski definition) is 3. The van der Waals surface area contributed by atoms with E-state index in [0.29, 0.717) is 18.1 Å². The number of rotatable bonds is 6. The molecule has 0 spiro atoms. The van der Waals surface area contributed by atoms with Crippen molar-refractivity contribution in [3.63, 3.8) is 0 Å². The number of amides is 1. The van der Waals surface area contributed by atoms with Gasteiger partial charge >= 0.3 is 0 Å². The summed E-state index contributed by atoms with van der Waals surface area (Å²) in [4.78, 5) is 22.7. The molecule has 3 aromatic rings. The highest BCUT2D eigenvalue weighted by Crippen LogP contribution is 2.38. The van der Waals surface area contributed by atoms with Gasteiger partial charge < -0.3 is 20.5 Å². The Bertz CT molecular complexity index is 1050. The number of aryl methyl sites for hydroxylation is 2. The summed E-state index contributed by atoms with van der Waals surface area (Å²) in [5.74, 6) is -0.0326. The summed E-state index contributed by atoms with van der Waals surface area (Å²) in [6, 6.07) is 17.6. The first-order chi connectivity index (χ1) is 14.5. The van der Waals surface area contributed by atoms with Gasteiger partial charge in [0.05, 0.1) is 17.8 Å². The van der Waals surface area contributed by atoms with Crippen molar-refractivity contribution in [2.24, 2.45) is 0 Å². The Morgan fingerprint density at radius 3 is 2.63 bits per heavy atom. The number of para-hydroxylation sites is 1. The number of nitrogens with zero attached hydrogens (tertiary/aromatic N) is 2. The van der Waals surface area contributed by atoms with Gasteiger partial charge in [0, 0.05) is 36.2 Å². The number of nitrogens with one attached hydrogen (secondary N) is 3. The minimum atomic E-state index is -0.0869. The van der Waals surface area contributed by atoms with Crippen LogP contribution >= 0.6 is 12.2 Å². The van der Waals surface area contributed by atoms with E-state index in [9.17, 15) is 4.79 Å². The Hall–Kier alpha value is -3.19. The molecule has 3 N–H and O–H groups in total. The molecule has 154 valence electrons. The zero-order valence-corrected chi connectivity index (χ0v) is 17.9. The van der Waals surface area contributed by atoms with E-state index in [4.69, 9.17) is 12.2 Å². The van der Waals surface area contributed by atoms with Gasteiger partial charge in [0.15, 0.2) is 5.11 Å². The summed E-state index contributed by atoms with van der Waals surface area (Å²) >= 11 is 5.65. The maximum Gasteiger partial charge on any atom is 0.226 e. The highest BCUT2D eigenvalue weighted by molar-refractivity contribution is 7.80. The molecule has 1 saturated heterocycles. The average molecular weight is 420 g/mol. The quantitative estimate of drug-likeness (QED) is 0.526. The van der Waals surface area contributed by atoms with Gasteiger partial charge in [-0.2, -0.15) is 0 Å². The molecule has 1 amide bonds. The van der Waals surface area contributed by atoms with Crippen molar-refractivity contribution in [1.29, 1.82) is 0 Å². The smallest absolute Gasteiger partial charge is 0.226 e.